The minimum Gasteiger partial charge on any atom is -0.382 e. The minimum atomic E-state index is 0.0256. The highest BCUT2D eigenvalue weighted by atomic mass is 15.1. The Morgan fingerprint density at radius 1 is 1.37 bits per heavy atom. The molecule has 19 heavy (non-hydrogen) atoms. The van der Waals surface area contributed by atoms with Crippen molar-refractivity contribution in [3.63, 3.8) is 0 Å². The Kier molecular flexibility index (Phi) is 4.40. The monoisotopic (exact) mass is 260 g/mol. The van der Waals surface area contributed by atoms with E-state index in [0.717, 1.165) is 11.6 Å². The van der Waals surface area contributed by atoms with Gasteiger partial charge in [0.2, 0.25) is 0 Å². The van der Waals surface area contributed by atoms with Crippen LogP contribution in [-0.4, -0.2) is 23.9 Å². The molecule has 1 heterocycles. The van der Waals surface area contributed by atoms with E-state index in [1.807, 2.05) is 18.3 Å². The minimum absolute atomic E-state index is 0.0256. The van der Waals surface area contributed by atoms with Gasteiger partial charge in [0.05, 0.1) is 11.9 Å². The van der Waals surface area contributed by atoms with Gasteiger partial charge in [0.15, 0.2) is 0 Å². The third-order valence-electron chi connectivity index (χ3n) is 4.37. The maximum absolute atomic E-state index is 7.35. The van der Waals surface area contributed by atoms with Crippen molar-refractivity contribution in [3.8, 4) is 0 Å². The molecule has 0 aliphatic heterocycles. The molecule has 104 valence electrons. The van der Waals surface area contributed by atoms with Crippen molar-refractivity contribution in [1.82, 2.24) is 4.98 Å². The summed E-state index contributed by atoms with van der Waals surface area (Å²) in [6, 6.07) is 4.45. The first-order valence-electron chi connectivity index (χ1n) is 7.15. The predicted octanol–water partition coefficient (Wildman–Crippen LogP) is 2.77. The van der Waals surface area contributed by atoms with Crippen LogP contribution in [0.1, 0.15) is 44.7 Å². The molecule has 3 N–H and O–H groups in total. The zero-order valence-corrected chi connectivity index (χ0v) is 11.9. The lowest BCUT2D eigenvalue weighted by Gasteiger charge is -2.35. The van der Waals surface area contributed by atoms with Crippen LogP contribution in [0.3, 0.4) is 0 Å². The molecule has 1 saturated carbocycles. The fourth-order valence-electron chi connectivity index (χ4n) is 2.91. The van der Waals surface area contributed by atoms with Gasteiger partial charge in [0.25, 0.3) is 0 Å². The summed E-state index contributed by atoms with van der Waals surface area (Å²) >= 11 is 0. The van der Waals surface area contributed by atoms with Gasteiger partial charge in [-0.15, -0.1) is 0 Å². The molecule has 0 radical (unpaired) electrons. The van der Waals surface area contributed by atoms with Gasteiger partial charge in [-0.3, -0.25) is 10.4 Å². The van der Waals surface area contributed by atoms with Crippen LogP contribution in [0.2, 0.25) is 0 Å². The van der Waals surface area contributed by atoms with E-state index in [2.05, 4.69) is 23.9 Å². The van der Waals surface area contributed by atoms with Gasteiger partial charge in [-0.1, -0.05) is 13.3 Å². The summed E-state index contributed by atoms with van der Waals surface area (Å²) in [6.45, 7) is 2.29. The molecule has 0 bridgehead atoms. The van der Waals surface area contributed by atoms with Crippen molar-refractivity contribution in [1.29, 1.82) is 5.41 Å². The van der Waals surface area contributed by atoms with Crippen LogP contribution in [0.4, 0.5) is 5.69 Å². The average molecular weight is 260 g/mol. The molecule has 1 aliphatic carbocycles. The normalized spacial score (nSPS) is 23.1. The van der Waals surface area contributed by atoms with E-state index < -0.39 is 0 Å². The molecule has 1 aliphatic rings. The molecule has 0 unspecified atom stereocenters. The molecular weight excluding hydrogens is 236 g/mol. The predicted molar refractivity (Wildman–Crippen MR) is 79.7 cm³/mol. The number of pyridine rings is 1. The second-order valence-corrected chi connectivity index (χ2v) is 5.51. The van der Waals surface area contributed by atoms with Gasteiger partial charge in [-0.25, -0.2) is 0 Å². The summed E-state index contributed by atoms with van der Waals surface area (Å²) in [5.41, 5.74) is 7.08. The summed E-state index contributed by atoms with van der Waals surface area (Å²) in [5, 5.41) is 7.35. The molecule has 2 rings (SSSR count). The number of nitrogens with two attached hydrogens (primary N) is 1. The molecule has 1 fully saturated rings. The van der Waals surface area contributed by atoms with Crippen LogP contribution in [0, 0.1) is 11.3 Å². The van der Waals surface area contributed by atoms with Crippen LogP contribution in [0.15, 0.2) is 18.3 Å². The Labute approximate surface area is 115 Å². The number of rotatable bonds is 4. The first-order chi connectivity index (χ1) is 9.11. The molecule has 0 spiro atoms. The Morgan fingerprint density at radius 3 is 2.53 bits per heavy atom. The maximum atomic E-state index is 7.35. The zero-order valence-electron chi connectivity index (χ0n) is 11.9. The molecule has 4 heteroatoms. The highest BCUT2D eigenvalue weighted by Crippen LogP contribution is 2.30. The van der Waals surface area contributed by atoms with Crippen LogP contribution in [0.25, 0.3) is 0 Å². The van der Waals surface area contributed by atoms with Crippen LogP contribution >= 0.6 is 0 Å². The summed E-state index contributed by atoms with van der Waals surface area (Å²) < 4.78 is 0. The second-order valence-electron chi connectivity index (χ2n) is 5.51. The summed E-state index contributed by atoms with van der Waals surface area (Å²) in [7, 11) is 2.14. The van der Waals surface area contributed by atoms with E-state index in [9.17, 15) is 0 Å². The first kappa shape index (κ1) is 13.8. The SMILES string of the molecule is CCC1CCC(N(C)c2ccc(C(=N)N)nc2)CC1. The van der Waals surface area contributed by atoms with Crippen LogP contribution in [0.5, 0.6) is 0 Å². The smallest absolute Gasteiger partial charge is 0.141 e. The Hall–Kier alpha value is -1.58. The number of hydrogen-bond donors (Lipinski definition) is 2. The molecule has 1 aromatic rings. The molecule has 0 atom stereocenters. The first-order valence-corrected chi connectivity index (χ1v) is 7.15. The average Bonchev–Trinajstić information content (AvgIpc) is 2.46. The molecule has 1 aromatic heterocycles. The Bertz CT molecular complexity index is 418. The van der Waals surface area contributed by atoms with Crippen molar-refractivity contribution in [2.45, 2.75) is 45.1 Å². The van der Waals surface area contributed by atoms with E-state index in [1.165, 1.54) is 32.1 Å². The molecular formula is C15H24N4. The van der Waals surface area contributed by atoms with Gasteiger partial charge in [-0.2, -0.15) is 0 Å². The van der Waals surface area contributed by atoms with Crippen molar-refractivity contribution in [2.24, 2.45) is 11.7 Å². The maximum Gasteiger partial charge on any atom is 0.141 e. The fraction of sp³-hybridized carbons (Fsp3) is 0.600. The molecule has 0 saturated heterocycles. The summed E-state index contributed by atoms with van der Waals surface area (Å²) in [4.78, 5) is 6.56. The highest BCUT2D eigenvalue weighted by Gasteiger charge is 2.23. The topological polar surface area (TPSA) is 66.0 Å². The number of aromatic nitrogens is 1. The summed E-state index contributed by atoms with van der Waals surface area (Å²) in [6.07, 6.45) is 8.34. The van der Waals surface area contributed by atoms with E-state index in [-0.39, 0.29) is 5.84 Å². The standard InChI is InChI=1S/C15H24N4/c1-3-11-4-6-12(7-5-11)19(2)13-8-9-14(15(16)17)18-10-13/h8-12H,3-7H2,1-2H3,(H3,16,17). The third-order valence-corrected chi connectivity index (χ3v) is 4.37. The number of hydrogen-bond acceptors (Lipinski definition) is 3. The second kappa shape index (κ2) is 6.04. The van der Waals surface area contributed by atoms with Crippen molar-refractivity contribution in [3.05, 3.63) is 24.0 Å². The van der Waals surface area contributed by atoms with Crippen molar-refractivity contribution < 1.29 is 0 Å². The largest absolute Gasteiger partial charge is 0.382 e. The quantitative estimate of drug-likeness (QED) is 0.646. The lowest BCUT2D eigenvalue weighted by atomic mass is 9.84. The molecule has 4 nitrogen and oxygen atoms in total. The van der Waals surface area contributed by atoms with E-state index in [4.69, 9.17) is 11.1 Å². The van der Waals surface area contributed by atoms with Gasteiger partial charge < -0.3 is 10.6 Å². The highest BCUT2D eigenvalue weighted by molar-refractivity contribution is 5.93. The van der Waals surface area contributed by atoms with Gasteiger partial charge in [0.1, 0.15) is 11.5 Å². The lowest BCUT2D eigenvalue weighted by Crippen LogP contribution is -2.35. The number of anilines is 1. The number of amidine groups is 1. The Balaban J connectivity index is 1.99. The van der Waals surface area contributed by atoms with Gasteiger partial charge in [-0.05, 0) is 43.7 Å². The number of nitrogens with one attached hydrogen (secondary N) is 1. The van der Waals surface area contributed by atoms with Crippen LogP contribution < -0.4 is 10.6 Å². The Morgan fingerprint density at radius 2 is 2.05 bits per heavy atom. The number of nitrogens with zero attached hydrogens (tertiary/aromatic N) is 2. The van der Waals surface area contributed by atoms with E-state index in [0.29, 0.717) is 11.7 Å². The van der Waals surface area contributed by atoms with Gasteiger partial charge >= 0.3 is 0 Å². The van der Waals surface area contributed by atoms with E-state index in [1.54, 1.807) is 0 Å². The number of nitrogen functional groups attached to an aromatic ring is 1. The van der Waals surface area contributed by atoms with E-state index >= 15 is 0 Å². The fourth-order valence-corrected chi connectivity index (χ4v) is 2.91. The van der Waals surface area contributed by atoms with Gasteiger partial charge in [0, 0.05) is 13.1 Å². The molecule has 0 aromatic carbocycles. The zero-order chi connectivity index (χ0) is 13.8. The third kappa shape index (κ3) is 3.25. The van der Waals surface area contributed by atoms with Crippen molar-refractivity contribution in [2.75, 3.05) is 11.9 Å². The van der Waals surface area contributed by atoms with Crippen LogP contribution in [-0.2, 0) is 0 Å². The lowest BCUT2D eigenvalue weighted by molar-refractivity contribution is 0.313. The summed E-state index contributed by atoms with van der Waals surface area (Å²) in [5.74, 6) is 0.945. The van der Waals surface area contributed by atoms with Crippen molar-refractivity contribution >= 4 is 11.5 Å². The molecule has 0 amide bonds.